The number of ketones is 1. The van der Waals surface area contributed by atoms with E-state index >= 15 is 0 Å². The van der Waals surface area contributed by atoms with Crippen LogP contribution in [-0.4, -0.2) is 18.9 Å². The molecule has 0 spiro atoms. The molecule has 0 aliphatic carbocycles. The number of hydrogen-bond acceptors (Lipinski definition) is 3. The van der Waals surface area contributed by atoms with Gasteiger partial charge in [0.15, 0.2) is 0 Å². The highest BCUT2D eigenvalue weighted by molar-refractivity contribution is 5.79. The van der Waals surface area contributed by atoms with Crippen LogP contribution in [0.5, 0.6) is 0 Å². The first kappa shape index (κ1) is 12.6. The van der Waals surface area contributed by atoms with E-state index in [9.17, 15) is 9.18 Å². The maximum absolute atomic E-state index is 13.9. The topological polar surface area (TPSA) is 44.1 Å². The maximum Gasteiger partial charge on any atom is 0.147 e. The number of rotatable bonds is 2. The summed E-state index contributed by atoms with van der Waals surface area (Å²) in [5, 5.41) is 8.70. The highest BCUT2D eigenvalue weighted by atomic mass is 19.1. The van der Waals surface area contributed by atoms with Crippen molar-refractivity contribution in [3.63, 3.8) is 0 Å². The highest BCUT2D eigenvalue weighted by Crippen LogP contribution is 2.26. The first-order valence-corrected chi connectivity index (χ1v) is 6.07. The van der Waals surface area contributed by atoms with Crippen molar-refractivity contribution in [2.24, 2.45) is 5.92 Å². The van der Waals surface area contributed by atoms with Crippen molar-refractivity contribution in [3.8, 4) is 6.07 Å². The van der Waals surface area contributed by atoms with E-state index in [0.29, 0.717) is 17.8 Å². The molecule has 18 heavy (non-hydrogen) atoms. The molecule has 3 nitrogen and oxygen atoms in total. The number of hydrogen-bond donors (Lipinski definition) is 0. The van der Waals surface area contributed by atoms with Gasteiger partial charge in [0.1, 0.15) is 11.6 Å². The fourth-order valence-corrected chi connectivity index (χ4v) is 2.36. The van der Waals surface area contributed by atoms with Crippen LogP contribution in [0, 0.1) is 23.1 Å². The van der Waals surface area contributed by atoms with E-state index in [1.165, 1.54) is 6.07 Å². The summed E-state index contributed by atoms with van der Waals surface area (Å²) >= 11 is 0. The van der Waals surface area contributed by atoms with Crippen molar-refractivity contribution in [2.45, 2.75) is 19.8 Å². The monoisotopic (exact) mass is 246 g/mol. The van der Waals surface area contributed by atoms with E-state index in [4.69, 9.17) is 5.26 Å². The van der Waals surface area contributed by atoms with Gasteiger partial charge in [-0.05, 0) is 38.0 Å². The molecule has 0 N–H and O–H groups in total. The van der Waals surface area contributed by atoms with E-state index < -0.39 is 5.82 Å². The highest BCUT2D eigenvalue weighted by Gasteiger charge is 2.24. The fourth-order valence-electron chi connectivity index (χ4n) is 2.36. The molecule has 0 amide bonds. The zero-order valence-electron chi connectivity index (χ0n) is 10.3. The number of carbonyl (C=O) groups is 1. The number of benzene rings is 1. The van der Waals surface area contributed by atoms with E-state index in [1.807, 2.05) is 11.0 Å². The van der Waals surface area contributed by atoms with Crippen LogP contribution in [0.3, 0.4) is 0 Å². The minimum atomic E-state index is -0.391. The summed E-state index contributed by atoms with van der Waals surface area (Å²) in [4.78, 5) is 13.3. The van der Waals surface area contributed by atoms with Crippen molar-refractivity contribution in [3.05, 3.63) is 29.6 Å². The number of Topliss-reactive ketones (excluding diaryl/α,β-unsaturated/α-hetero) is 1. The van der Waals surface area contributed by atoms with E-state index in [-0.39, 0.29) is 11.7 Å². The Morgan fingerprint density at radius 1 is 1.56 bits per heavy atom. The Balaban J connectivity index is 2.21. The van der Waals surface area contributed by atoms with E-state index in [0.717, 1.165) is 19.4 Å². The molecule has 1 aromatic rings. The third kappa shape index (κ3) is 2.51. The minimum absolute atomic E-state index is 0.00575. The second kappa shape index (κ2) is 5.18. The average Bonchev–Trinajstić information content (AvgIpc) is 2.38. The van der Waals surface area contributed by atoms with Gasteiger partial charge in [-0.2, -0.15) is 5.26 Å². The first-order chi connectivity index (χ1) is 8.61. The van der Waals surface area contributed by atoms with Crippen LogP contribution in [0.25, 0.3) is 0 Å². The fraction of sp³-hybridized carbons (Fsp3) is 0.429. The molecule has 1 aromatic carbocycles. The number of anilines is 1. The molecule has 1 atom stereocenters. The molecule has 1 unspecified atom stereocenters. The Bertz CT molecular complexity index is 507. The Morgan fingerprint density at radius 3 is 2.94 bits per heavy atom. The average molecular weight is 246 g/mol. The normalized spacial score (nSPS) is 19.4. The van der Waals surface area contributed by atoms with Crippen LogP contribution < -0.4 is 4.90 Å². The molecule has 4 heteroatoms. The smallest absolute Gasteiger partial charge is 0.147 e. The van der Waals surface area contributed by atoms with E-state index in [2.05, 4.69) is 0 Å². The van der Waals surface area contributed by atoms with Gasteiger partial charge >= 0.3 is 0 Å². The second-order valence-corrected chi connectivity index (χ2v) is 4.67. The van der Waals surface area contributed by atoms with Gasteiger partial charge in [0.25, 0.3) is 0 Å². The quantitative estimate of drug-likeness (QED) is 0.805. The van der Waals surface area contributed by atoms with Gasteiger partial charge in [-0.15, -0.1) is 0 Å². The van der Waals surface area contributed by atoms with Gasteiger partial charge in [0.05, 0.1) is 17.3 Å². The number of carbonyl (C=O) groups excluding carboxylic acids is 1. The molecule has 1 heterocycles. The Kier molecular flexibility index (Phi) is 3.61. The summed E-state index contributed by atoms with van der Waals surface area (Å²) < 4.78 is 13.9. The third-order valence-corrected chi connectivity index (χ3v) is 3.41. The van der Waals surface area contributed by atoms with Crippen LogP contribution in [-0.2, 0) is 4.79 Å². The molecule has 2 rings (SSSR count). The largest absolute Gasteiger partial charge is 0.368 e. The molecule has 1 fully saturated rings. The molecule has 94 valence electrons. The number of nitriles is 1. The molecular formula is C14H15FN2O. The van der Waals surface area contributed by atoms with Crippen molar-refractivity contribution in [1.82, 2.24) is 0 Å². The molecule has 1 aliphatic heterocycles. The minimum Gasteiger partial charge on any atom is -0.368 e. The first-order valence-electron chi connectivity index (χ1n) is 6.07. The second-order valence-electron chi connectivity index (χ2n) is 4.67. The molecular weight excluding hydrogens is 231 g/mol. The molecule has 0 radical (unpaired) electrons. The lowest BCUT2D eigenvalue weighted by Gasteiger charge is -2.33. The Hall–Kier alpha value is -1.89. The maximum atomic E-state index is 13.9. The molecule has 0 saturated carbocycles. The summed E-state index contributed by atoms with van der Waals surface area (Å²) in [5.41, 5.74) is 0.802. The van der Waals surface area contributed by atoms with Crippen molar-refractivity contribution < 1.29 is 9.18 Å². The summed E-state index contributed by atoms with van der Waals surface area (Å²) in [7, 11) is 0. The van der Waals surface area contributed by atoms with Crippen molar-refractivity contribution in [1.29, 1.82) is 5.26 Å². The molecule has 0 aromatic heterocycles. The summed E-state index contributed by atoms with van der Waals surface area (Å²) in [5.74, 6) is -0.235. The number of piperidine rings is 1. The zero-order chi connectivity index (χ0) is 13.1. The summed E-state index contributed by atoms with van der Waals surface area (Å²) in [6, 6.07) is 6.38. The number of nitrogens with zero attached hydrogens (tertiary/aromatic N) is 2. The number of halogens is 1. The lowest BCUT2D eigenvalue weighted by molar-refractivity contribution is -0.120. The van der Waals surface area contributed by atoms with Gasteiger partial charge in [-0.3, -0.25) is 4.79 Å². The molecule has 0 bridgehead atoms. The van der Waals surface area contributed by atoms with Gasteiger partial charge in [0, 0.05) is 19.0 Å². The SMILES string of the molecule is CC(=O)C1CCCN(c2ccc(C#N)cc2F)C1. The third-order valence-electron chi connectivity index (χ3n) is 3.41. The predicted octanol–water partition coefficient (Wildman–Crippen LogP) is 2.50. The van der Waals surface area contributed by atoms with Crippen molar-refractivity contribution >= 4 is 11.5 Å². The molecule has 1 aliphatic rings. The van der Waals surface area contributed by atoms with Gasteiger partial charge < -0.3 is 4.90 Å². The standard InChI is InChI=1S/C14H15FN2O/c1-10(18)12-3-2-6-17(9-12)14-5-4-11(8-16)7-13(14)15/h4-5,7,12H,2-3,6,9H2,1H3. The van der Waals surface area contributed by atoms with Gasteiger partial charge in [-0.25, -0.2) is 4.39 Å². The summed E-state index contributed by atoms with van der Waals surface area (Å²) in [6.07, 6.45) is 1.77. The van der Waals surface area contributed by atoms with Gasteiger partial charge in [-0.1, -0.05) is 0 Å². The lowest BCUT2D eigenvalue weighted by Crippen LogP contribution is -2.38. The van der Waals surface area contributed by atoms with E-state index in [1.54, 1.807) is 19.1 Å². The van der Waals surface area contributed by atoms with Crippen LogP contribution >= 0.6 is 0 Å². The van der Waals surface area contributed by atoms with Crippen LogP contribution in [0.4, 0.5) is 10.1 Å². The van der Waals surface area contributed by atoms with Crippen LogP contribution in [0.15, 0.2) is 18.2 Å². The van der Waals surface area contributed by atoms with Crippen molar-refractivity contribution in [2.75, 3.05) is 18.0 Å². The molecule has 1 saturated heterocycles. The Labute approximate surface area is 106 Å². The van der Waals surface area contributed by atoms with Crippen LogP contribution in [0.2, 0.25) is 0 Å². The van der Waals surface area contributed by atoms with Crippen LogP contribution in [0.1, 0.15) is 25.3 Å². The summed E-state index contributed by atoms with van der Waals surface area (Å²) in [6.45, 7) is 2.91. The predicted molar refractivity (Wildman–Crippen MR) is 66.7 cm³/mol. The zero-order valence-corrected chi connectivity index (χ0v) is 10.3. The Morgan fingerprint density at radius 2 is 2.33 bits per heavy atom. The lowest BCUT2D eigenvalue weighted by atomic mass is 9.94. The van der Waals surface area contributed by atoms with Gasteiger partial charge in [0.2, 0.25) is 0 Å².